The van der Waals surface area contributed by atoms with Crippen molar-refractivity contribution < 1.29 is 40.8 Å². The Hall–Kier alpha value is -0.180. The summed E-state index contributed by atoms with van der Waals surface area (Å²) in [6.45, 7) is 0. The molecule has 0 aliphatic rings. The van der Waals surface area contributed by atoms with Gasteiger partial charge in [0.1, 0.15) is 11.5 Å². The van der Waals surface area contributed by atoms with E-state index in [1.54, 1.807) is 31.4 Å². The number of phenolic OH excluding ortho intramolecular Hbond substituents is 1. The number of hydrogen-bond acceptors (Lipinski definition) is 2. The molecule has 0 saturated carbocycles. The standard InChI is InChI=1S/C7H8O2.Na.H/c1-9-7-4-2-3-6(8)5-7;;/h2-5,8H,1H3;;/q;+1;-1. The molecule has 0 radical (unpaired) electrons. The largest absolute Gasteiger partial charge is 1.00 e. The Kier molecular flexibility index (Phi) is 4.52. The molecule has 0 bridgehead atoms. The second-order valence-corrected chi connectivity index (χ2v) is 1.70. The molecule has 50 valence electrons. The van der Waals surface area contributed by atoms with E-state index in [1.807, 2.05) is 0 Å². The Balaban J connectivity index is 0. The van der Waals surface area contributed by atoms with E-state index >= 15 is 0 Å². The fraction of sp³-hybridized carbons (Fsp3) is 0.143. The van der Waals surface area contributed by atoms with Gasteiger partial charge in [-0.25, -0.2) is 0 Å². The molecule has 0 heterocycles. The van der Waals surface area contributed by atoms with Gasteiger partial charge in [0.05, 0.1) is 7.11 Å². The normalized spacial score (nSPS) is 8.10. The third kappa shape index (κ3) is 2.60. The predicted molar refractivity (Wildman–Crippen MR) is 35.8 cm³/mol. The monoisotopic (exact) mass is 148 g/mol. The fourth-order valence-corrected chi connectivity index (χ4v) is 0.610. The number of benzene rings is 1. The molecule has 0 spiro atoms. The van der Waals surface area contributed by atoms with Crippen molar-refractivity contribution in [2.24, 2.45) is 0 Å². The summed E-state index contributed by atoms with van der Waals surface area (Å²) < 4.78 is 4.84. The van der Waals surface area contributed by atoms with E-state index in [4.69, 9.17) is 9.84 Å². The van der Waals surface area contributed by atoms with E-state index in [0.717, 1.165) is 0 Å². The SMILES string of the molecule is COc1cccc(O)c1.[H-].[Na+]. The Bertz CT molecular complexity index is 205. The van der Waals surface area contributed by atoms with Crippen LogP contribution in [0.3, 0.4) is 0 Å². The maximum absolute atomic E-state index is 8.86. The zero-order valence-electron chi connectivity index (χ0n) is 7.16. The van der Waals surface area contributed by atoms with Crippen LogP contribution in [-0.4, -0.2) is 12.2 Å². The average molecular weight is 148 g/mol. The van der Waals surface area contributed by atoms with E-state index in [-0.39, 0.29) is 36.7 Å². The second-order valence-electron chi connectivity index (χ2n) is 1.70. The topological polar surface area (TPSA) is 29.5 Å². The third-order valence-corrected chi connectivity index (χ3v) is 1.05. The molecular formula is C7H9NaO2. The molecule has 1 rings (SSSR count). The van der Waals surface area contributed by atoms with Crippen molar-refractivity contribution in [3.63, 3.8) is 0 Å². The van der Waals surface area contributed by atoms with Crippen molar-refractivity contribution >= 4 is 0 Å². The van der Waals surface area contributed by atoms with Crippen LogP contribution in [0.15, 0.2) is 24.3 Å². The molecule has 0 aliphatic carbocycles. The Morgan fingerprint density at radius 3 is 2.60 bits per heavy atom. The summed E-state index contributed by atoms with van der Waals surface area (Å²) in [7, 11) is 1.56. The van der Waals surface area contributed by atoms with Gasteiger partial charge in [0, 0.05) is 6.07 Å². The number of aromatic hydroxyl groups is 1. The van der Waals surface area contributed by atoms with Crippen molar-refractivity contribution in [3.8, 4) is 11.5 Å². The molecular weight excluding hydrogens is 139 g/mol. The number of rotatable bonds is 1. The summed E-state index contributed by atoms with van der Waals surface area (Å²) in [5, 5.41) is 8.86. The van der Waals surface area contributed by atoms with E-state index in [0.29, 0.717) is 5.75 Å². The number of phenols is 1. The molecule has 10 heavy (non-hydrogen) atoms. The number of ether oxygens (including phenoxy) is 1. The minimum absolute atomic E-state index is 0. The second kappa shape index (κ2) is 4.61. The molecule has 0 aromatic heterocycles. The van der Waals surface area contributed by atoms with Gasteiger partial charge in [-0.1, -0.05) is 6.07 Å². The van der Waals surface area contributed by atoms with Crippen molar-refractivity contribution in [1.29, 1.82) is 0 Å². The molecule has 3 heteroatoms. The van der Waals surface area contributed by atoms with Crippen LogP contribution in [0.25, 0.3) is 0 Å². The van der Waals surface area contributed by atoms with Crippen LogP contribution in [0, 0.1) is 0 Å². The number of methoxy groups -OCH3 is 1. The molecule has 0 aliphatic heterocycles. The van der Waals surface area contributed by atoms with Crippen LogP contribution in [-0.2, 0) is 0 Å². The first-order valence-electron chi connectivity index (χ1n) is 2.66. The van der Waals surface area contributed by atoms with Crippen LogP contribution < -0.4 is 34.3 Å². The summed E-state index contributed by atoms with van der Waals surface area (Å²) in [6.07, 6.45) is 0. The van der Waals surface area contributed by atoms with Gasteiger partial charge in [0.2, 0.25) is 0 Å². The summed E-state index contributed by atoms with van der Waals surface area (Å²) in [6, 6.07) is 6.66. The van der Waals surface area contributed by atoms with Gasteiger partial charge in [-0.3, -0.25) is 0 Å². The Labute approximate surface area is 83.6 Å². The first-order chi connectivity index (χ1) is 4.33. The van der Waals surface area contributed by atoms with Crippen molar-refractivity contribution in [2.75, 3.05) is 7.11 Å². The minimum Gasteiger partial charge on any atom is -1.00 e. The summed E-state index contributed by atoms with van der Waals surface area (Å²) in [5.41, 5.74) is 0. The average Bonchev–Trinajstić information content (AvgIpc) is 1.88. The van der Waals surface area contributed by atoms with Crippen molar-refractivity contribution in [1.82, 2.24) is 0 Å². The molecule has 0 fully saturated rings. The van der Waals surface area contributed by atoms with Gasteiger partial charge in [0.25, 0.3) is 0 Å². The van der Waals surface area contributed by atoms with Crippen molar-refractivity contribution in [3.05, 3.63) is 24.3 Å². The van der Waals surface area contributed by atoms with E-state index < -0.39 is 0 Å². The molecule has 1 aromatic carbocycles. The molecule has 0 unspecified atom stereocenters. The first-order valence-corrected chi connectivity index (χ1v) is 2.66. The van der Waals surface area contributed by atoms with E-state index in [9.17, 15) is 0 Å². The molecule has 2 nitrogen and oxygen atoms in total. The zero-order chi connectivity index (χ0) is 6.69. The summed E-state index contributed by atoms with van der Waals surface area (Å²) in [4.78, 5) is 0. The first kappa shape index (κ1) is 9.82. The van der Waals surface area contributed by atoms with Gasteiger partial charge in [-0.2, -0.15) is 0 Å². The van der Waals surface area contributed by atoms with Crippen LogP contribution >= 0.6 is 0 Å². The maximum Gasteiger partial charge on any atom is 1.00 e. The third-order valence-electron chi connectivity index (χ3n) is 1.05. The Morgan fingerprint density at radius 2 is 2.20 bits per heavy atom. The zero-order valence-corrected chi connectivity index (χ0v) is 8.16. The van der Waals surface area contributed by atoms with Crippen molar-refractivity contribution in [2.45, 2.75) is 0 Å². The van der Waals surface area contributed by atoms with E-state index in [2.05, 4.69) is 0 Å². The van der Waals surface area contributed by atoms with Crippen LogP contribution in [0.4, 0.5) is 0 Å². The Morgan fingerprint density at radius 1 is 1.50 bits per heavy atom. The van der Waals surface area contributed by atoms with Crippen LogP contribution in [0.2, 0.25) is 0 Å². The number of hydrogen-bond donors (Lipinski definition) is 1. The molecule has 1 aromatic rings. The van der Waals surface area contributed by atoms with Gasteiger partial charge < -0.3 is 11.3 Å². The molecule has 0 atom stereocenters. The van der Waals surface area contributed by atoms with Gasteiger partial charge in [-0.15, -0.1) is 0 Å². The maximum atomic E-state index is 8.86. The molecule has 0 saturated heterocycles. The summed E-state index contributed by atoms with van der Waals surface area (Å²) >= 11 is 0. The predicted octanol–water partition coefficient (Wildman–Crippen LogP) is -1.48. The fourth-order valence-electron chi connectivity index (χ4n) is 0.610. The van der Waals surface area contributed by atoms with E-state index in [1.165, 1.54) is 0 Å². The molecule has 0 amide bonds. The van der Waals surface area contributed by atoms with Gasteiger partial charge in [0.15, 0.2) is 0 Å². The minimum atomic E-state index is 0. The van der Waals surface area contributed by atoms with Crippen LogP contribution in [0.1, 0.15) is 1.43 Å². The van der Waals surface area contributed by atoms with Gasteiger partial charge >= 0.3 is 29.6 Å². The smallest absolute Gasteiger partial charge is 1.00 e. The quantitative estimate of drug-likeness (QED) is 0.492. The van der Waals surface area contributed by atoms with Gasteiger partial charge in [-0.05, 0) is 12.1 Å². The molecule has 1 N–H and O–H groups in total. The summed E-state index contributed by atoms with van der Waals surface area (Å²) in [5.74, 6) is 0.907. The van der Waals surface area contributed by atoms with Crippen LogP contribution in [0.5, 0.6) is 11.5 Å².